The van der Waals surface area contributed by atoms with Gasteiger partial charge in [-0.05, 0) is 252 Å². The quantitative estimate of drug-likeness (QED) is 0.0392. The van der Waals surface area contributed by atoms with Crippen LogP contribution in [0.1, 0.15) is 240 Å². The second kappa shape index (κ2) is 34.0. The Morgan fingerprint density at radius 1 is 0.235 bits per heavy atom. The Morgan fingerprint density at radius 3 is 0.480 bits per heavy atom. The first-order chi connectivity index (χ1) is 48.4. The van der Waals surface area contributed by atoms with Crippen molar-refractivity contribution < 1.29 is 85.6 Å². The van der Waals surface area contributed by atoms with E-state index in [2.05, 4.69) is 125 Å². The summed E-state index contributed by atoms with van der Waals surface area (Å²) in [5.74, 6) is 1.87. The molecule has 0 heterocycles. The molecule has 6 fully saturated rings. The van der Waals surface area contributed by atoms with Gasteiger partial charge in [-0.15, -0.1) is 0 Å². The Morgan fingerprint density at radius 2 is 0.363 bits per heavy atom. The standard InChI is InChI=1S/C84H120O18/c1-43(2)55-25-19-49(13)31-67(55)91-79(85)97-73-37-61-62(38-74(73)98-80(86)92-68-32-50(14)20-26-56(68)44(3)4)64-40-76(100-82(88)94-70-34-52(16)22-28-58(70)46(7)8)78(102-84(90)96-72-36-54(18)24-30-60(72)48(11)12)42-66(64)65-41-77(101-83(89)95-71-35-53(17)23-29-59(71)47(9)10)75(39-63(61)65)99-81(87)93-69-33-51(15)21-27-57(69)45(5)6/h37-60,67-72H,19-36H2,1-18H3/t49-,50-,51-,52-,53-,54-,55-,56-,57-,58-,59-,60-,67+,68+,69+,70+,71+,72+/m1/s1. The fraction of sp³-hybridized carbons (Fsp3) is 0.714. The summed E-state index contributed by atoms with van der Waals surface area (Å²) in [6.45, 7) is 38.2. The molecule has 4 aromatic rings. The van der Waals surface area contributed by atoms with Gasteiger partial charge < -0.3 is 56.8 Å². The monoisotopic (exact) mass is 1420 g/mol. The van der Waals surface area contributed by atoms with Gasteiger partial charge in [0.15, 0.2) is 34.5 Å². The van der Waals surface area contributed by atoms with E-state index in [1.165, 1.54) is 36.4 Å². The van der Waals surface area contributed by atoms with E-state index in [4.69, 9.17) is 56.8 Å². The van der Waals surface area contributed by atoms with E-state index in [0.29, 0.717) is 70.8 Å². The zero-order chi connectivity index (χ0) is 73.7. The maximum absolute atomic E-state index is 14.7. The molecule has 18 heteroatoms. The Labute approximate surface area is 606 Å². The summed E-state index contributed by atoms with van der Waals surface area (Å²) < 4.78 is 75.8. The SMILES string of the molecule is CC(C)[C@H]1CC[C@@H](C)C[C@@H]1OC(=O)Oc1cc2c3cc(OC(=O)O[C@H]4C[C@H](C)CC[C@@H]4C(C)C)c(OC(=O)O[C@H]4C[C@H](C)CC[C@@H]4C(C)C)cc3c3cc(OC(=O)O[C@H]4C[C@H](C)CC[C@@H]4C(C)C)c(OC(=O)O[C@H]4C[C@H](C)CC[C@@H]4C(C)C)cc3c2cc1OC(=O)O[C@H]1C[C@H](C)CC[C@@H]1C(C)C. The summed E-state index contributed by atoms with van der Waals surface area (Å²) in [6, 6.07) is 9.23. The minimum absolute atomic E-state index is 0.0535. The maximum Gasteiger partial charge on any atom is 0.514 e. The molecule has 0 spiro atoms. The van der Waals surface area contributed by atoms with Gasteiger partial charge in [-0.1, -0.05) is 163 Å². The van der Waals surface area contributed by atoms with Crippen molar-refractivity contribution in [3.8, 4) is 34.5 Å². The lowest BCUT2D eigenvalue weighted by Gasteiger charge is -2.36. The number of carbonyl (C=O) groups excluding carboxylic acids is 6. The van der Waals surface area contributed by atoms with Crippen molar-refractivity contribution in [3.63, 3.8) is 0 Å². The summed E-state index contributed by atoms with van der Waals surface area (Å²) in [5.41, 5.74) is 0. The Balaban J connectivity index is 1.20. The van der Waals surface area contributed by atoms with Gasteiger partial charge in [0.25, 0.3) is 0 Å². The molecule has 0 aromatic heterocycles. The molecule has 6 aliphatic rings. The fourth-order valence-corrected chi connectivity index (χ4v) is 18.4. The van der Waals surface area contributed by atoms with Gasteiger partial charge in [-0.25, -0.2) is 28.8 Å². The predicted molar refractivity (Wildman–Crippen MR) is 392 cm³/mol. The van der Waals surface area contributed by atoms with Gasteiger partial charge in [0.05, 0.1) is 0 Å². The number of hydrogen-bond donors (Lipinski definition) is 0. The largest absolute Gasteiger partial charge is 0.514 e. The minimum atomic E-state index is -1.02. The third kappa shape index (κ3) is 19.2. The topological polar surface area (TPSA) is 213 Å². The van der Waals surface area contributed by atoms with Crippen LogP contribution in [-0.2, 0) is 28.4 Å². The minimum Gasteiger partial charge on any atom is -0.430 e. The fourth-order valence-electron chi connectivity index (χ4n) is 18.4. The highest BCUT2D eigenvalue weighted by Gasteiger charge is 2.42. The Hall–Kier alpha value is -6.72. The Kier molecular flexibility index (Phi) is 26.0. The molecule has 0 bridgehead atoms. The lowest BCUT2D eigenvalue weighted by atomic mass is 9.75. The van der Waals surface area contributed by atoms with Crippen LogP contribution in [0.5, 0.6) is 34.5 Å². The summed E-state index contributed by atoms with van der Waals surface area (Å²) in [4.78, 5) is 88.1. The van der Waals surface area contributed by atoms with Crippen molar-refractivity contribution in [2.24, 2.45) is 107 Å². The number of ether oxygens (including phenoxy) is 12. The molecule has 564 valence electrons. The van der Waals surface area contributed by atoms with Crippen LogP contribution in [0.4, 0.5) is 28.8 Å². The molecule has 18 atom stereocenters. The van der Waals surface area contributed by atoms with E-state index in [1.807, 2.05) is 0 Å². The van der Waals surface area contributed by atoms with Crippen LogP contribution in [0.25, 0.3) is 32.3 Å². The van der Waals surface area contributed by atoms with Crippen LogP contribution in [-0.4, -0.2) is 73.6 Å². The third-order valence-corrected chi connectivity index (χ3v) is 24.5. The van der Waals surface area contributed by atoms with Crippen LogP contribution >= 0.6 is 0 Å². The number of benzene rings is 4. The molecule has 0 amide bonds. The van der Waals surface area contributed by atoms with Crippen LogP contribution in [0.2, 0.25) is 0 Å². The highest BCUT2D eigenvalue weighted by atomic mass is 16.8. The van der Waals surface area contributed by atoms with Gasteiger partial charge in [-0.2, -0.15) is 0 Å². The van der Waals surface area contributed by atoms with Crippen molar-refractivity contribution in [1.82, 2.24) is 0 Å². The molecule has 0 radical (unpaired) electrons. The summed E-state index contributed by atoms with van der Waals surface area (Å²) in [6.07, 6.45) is 5.77. The molecule has 0 aliphatic heterocycles. The zero-order valence-corrected chi connectivity index (χ0v) is 64.4. The van der Waals surface area contributed by atoms with Gasteiger partial charge in [0.2, 0.25) is 0 Å². The first kappa shape index (κ1) is 77.9. The summed E-state index contributed by atoms with van der Waals surface area (Å²) in [7, 11) is 0. The lowest BCUT2D eigenvalue weighted by Crippen LogP contribution is -2.37. The maximum atomic E-state index is 14.7. The van der Waals surface area contributed by atoms with E-state index in [1.54, 1.807) is 0 Å². The molecule has 10 rings (SSSR count). The van der Waals surface area contributed by atoms with Gasteiger partial charge in [0.1, 0.15) is 36.6 Å². The van der Waals surface area contributed by atoms with Crippen molar-refractivity contribution in [3.05, 3.63) is 36.4 Å². The first-order valence-electron chi connectivity index (χ1n) is 39.2. The molecular formula is C84H120O18. The molecule has 6 saturated carbocycles. The number of fused-ring (bicyclic) bond motifs is 6. The van der Waals surface area contributed by atoms with Crippen molar-refractivity contribution in [2.75, 3.05) is 0 Å². The van der Waals surface area contributed by atoms with Gasteiger partial charge in [0, 0.05) is 0 Å². The van der Waals surface area contributed by atoms with Crippen LogP contribution < -0.4 is 28.4 Å². The second-order valence-electron chi connectivity index (χ2n) is 34.5. The number of hydrogen-bond acceptors (Lipinski definition) is 18. The summed E-state index contributed by atoms with van der Waals surface area (Å²) >= 11 is 0. The molecule has 0 saturated heterocycles. The van der Waals surface area contributed by atoms with E-state index in [9.17, 15) is 28.8 Å². The average molecular weight is 1420 g/mol. The van der Waals surface area contributed by atoms with E-state index in [-0.39, 0.29) is 141 Å². The second-order valence-corrected chi connectivity index (χ2v) is 34.5. The van der Waals surface area contributed by atoms with Gasteiger partial charge in [-0.3, -0.25) is 0 Å². The number of rotatable bonds is 18. The molecule has 102 heavy (non-hydrogen) atoms. The normalized spacial score (nSPS) is 30.1. The van der Waals surface area contributed by atoms with Crippen LogP contribution in [0.15, 0.2) is 36.4 Å². The van der Waals surface area contributed by atoms with Crippen molar-refractivity contribution >= 4 is 69.2 Å². The molecule has 4 aromatic carbocycles. The molecule has 18 nitrogen and oxygen atoms in total. The Bertz CT molecular complexity index is 2960. The van der Waals surface area contributed by atoms with E-state index in [0.717, 1.165) is 77.0 Å². The van der Waals surface area contributed by atoms with Crippen LogP contribution in [0.3, 0.4) is 0 Å². The highest BCUT2D eigenvalue weighted by molar-refractivity contribution is 6.27. The highest BCUT2D eigenvalue weighted by Crippen LogP contribution is 2.50. The first-order valence-corrected chi connectivity index (χ1v) is 39.2. The summed E-state index contributed by atoms with van der Waals surface area (Å²) in [5, 5.41) is 1.92. The van der Waals surface area contributed by atoms with E-state index >= 15 is 0 Å². The number of carbonyl (C=O) groups is 6. The third-order valence-electron chi connectivity index (χ3n) is 24.5. The predicted octanol–water partition coefficient (Wildman–Crippen LogP) is 23.0. The van der Waals surface area contributed by atoms with Gasteiger partial charge >= 0.3 is 36.9 Å². The van der Waals surface area contributed by atoms with Crippen molar-refractivity contribution in [2.45, 2.75) is 277 Å². The molecule has 0 N–H and O–H groups in total. The average Bonchev–Trinajstić information content (AvgIpc) is 0.723. The molecule has 0 unspecified atom stereocenters. The molecule has 6 aliphatic carbocycles. The molecular weight excluding hydrogens is 1300 g/mol. The van der Waals surface area contributed by atoms with Crippen molar-refractivity contribution in [1.29, 1.82) is 0 Å². The smallest absolute Gasteiger partial charge is 0.430 e. The lowest BCUT2D eigenvalue weighted by molar-refractivity contribution is -0.0179. The van der Waals surface area contributed by atoms with Crippen LogP contribution in [0, 0.1) is 107 Å². The zero-order valence-electron chi connectivity index (χ0n) is 64.4. The van der Waals surface area contributed by atoms with E-state index < -0.39 is 73.6 Å².